The summed E-state index contributed by atoms with van der Waals surface area (Å²) < 4.78 is 93.0. The van der Waals surface area contributed by atoms with E-state index in [9.17, 15) is 35.5 Å². The first-order chi connectivity index (χ1) is 16.1. The molecule has 0 spiro atoms. The zero-order chi connectivity index (χ0) is 26.2. The molecule has 2 amide bonds. The fraction of sp³-hybridized carbons (Fsp3) is 0.458. The maximum atomic E-state index is 13.7. The third kappa shape index (κ3) is 5.95. The number of amides is 2. The molecular weight excluding hydrogens is 479 g/mol. The molecule has 2 aromatic carbocycles. The Labute approximate surface area is 198 Å². The van der Waals surface area contributed by atoms with Gasteiger partial charge in [0.05, 0.1) is 24.7 Å². The van der Waals surface area contributed by atoms with E-state index in [1.165, 1.54) is 19.2 Å². The molecule has 0 bridgehead atoms. The van der Waals surface area contributed by atoms with Crippen molar-refractivity contribution in [1.29, 1.82) is 0 Å². The van der Waals surface area contributed by atoms with Gasteiger partial charge < -0.3 is 5.32 Å². The van der Waals surface area contributed by atoms with E-state index in [2.05, 4.69) is 5.32 Å². The van der Waals surface area contributed by atoms with Crippen LogP contribution in [0.4, 0.5) is 35.5 Å². The van der Waals surface area contributed by atoms with E-state index in [0.717, 1.165) is 10.5 Å². The zero-order valence-corrected chi connectivity index (χ0v) is 19.5. The van der Waals surface area contributed by atoms with E-state index < -0.39 is 41.9 Å². The van der Waals surface area contributed by atoms with Crippen molar-refractivity contribution in [2.45, 2.75) is 38.3 Å². The number of carbonyl (C=O) groups is 1. The molecule has 2 aromatic rings. The van der Waals surface area contributed by atoms with E-state index in [1.807, 2.05) is 0 Å². The molecule has 2 atom stereocenters. The minimum Gasteiger partial charge on any atom is -0.311 e. The molecule has 0 aromatic heterocycles. The molecule has 1 unspecified atom stereocenters. The Bertz CT molecular complexity index is 1050. The van der Waals surface area contributed by atoms with Crippen molar-refractivity contribution in [2.24, 2.45) is 0 Å². The van der Waals surface area contributed by atoms with Crippen molar-refractivity contribution in [3.05, 3.63) is 70.0 Å². The molecule has 0 aliphatic carbocycles. The number of nitrogens with one attached hydrogen (secondary N) is 1. The second kappa shape index (κ2) is 9.77. The van der Waals surface area contributed by atoms with E-state index in [-0.39, 0.29) is 22.2 Å². The minimum absolute atomic E-state index is 0.0625. The smallest absolute Gasteiger partial charge is 0.311 e. The third-order valence-electron chi connectivity index (χ3n) is 6.46. The lowest BCUT2D eigenvalue weighted by molar-refractivity contribution is -0.863. The lowest BCUT2D eigenvalue weighted by atomic mass is 9.95. The summed E-state index contributed by atoms with van der Waals surface area (Å²) in [5, 5.41) is 3.21. The van der Waals surface area contributed by atoms with Crippen LogP contribution < -0.4 is 5.32 Å². The van der Waals surface area contributed by atoms with Crippen LogP contribution in [0.5, 0.6) is 0 Å². The number of urea groups is 1. The zero-order valence-electron chi connectivity index (χ0n) is 19.5. The quantitative estimate of drug-likeness (QED) is 0.415. The minimum atomic E-state index is -4.97. The normalized spacial score (nSPS) is 21.5. The van der Waals surface area contributed by atoms with Crippen molar-refractivity contribution in [1.82, 2.24) is 10.2 Å². The van der Waals surface area contributed by atoms with Gasteiger partial charge in [0.2, 0.25) is 0 Å². The van der Waals surface area contributed by atoms with Crippen LogP contribution in [-0.2, 0) is 18.9 Å². The molecule has 1 aliphatic heterocycles. The van der Waals surface area contributed by atoms with E-state index in [0.29, 0.717) is 43.8 Å². The number of halogens is 7. The summed E-state index contributed by atoms with van der Waals surface area (Å²) in [6, 6.07) is 4.77. The highest BCUT2D eigenvalue weighted by Gasteiger charge is 2.45. The molecule has 4 nitrogen and oxygen atoms in total. The number of likely N-dealkylation sites (N-methyl/N-ethyl adjacent to an activating group) is 1. The Morgan fingerprint density at radius 3 is 2.17 bits per heavy atom. The number of quaternary nitrogens is 1. The standard InChI is InChI=1S/C24H27F7N3O/c1-15-10-19(25)4-5-20(15)21-6-7-32-8-9-34(21,3)22(35)33(2)14-16-11-17(23(26,27)28)13-18(12-16)24(29,30)31/h4-5,10-13,21,32H,6-9,14H2,1-3H3/q+1/t21-,34?/m1/s1. The van der Waals surface area contributed by atoms with Gasteiger partial charge in [0.15, 0.2) is 0 Å². The van der Waals surface area contributed by atoms with Gasteiger partial charge in [-0.1, -0.05) is 0 Å². The Morgan fingerprint density at radius 1 is 1.03 bits per heavy atom. The summed E-state index contributed by atoms with van der Waals surface area (Å²) in [6.45, 7) is 2.70. The van der Waals surface area contributed by atoms with Gasteiger partial charge in [0.25, 0.3) is 0 Å². The Kier molecular flexibility index (Phi) is 7.52. The van der Waals surface area contributed by atoms with Crippen LogP contribution in [0.1, 0.15) is 40.3 Å². The number of rotatable bonds is 3. The Hall–Kier alpha value is -2.66. The van der Waals surface area contributed by atoms with Gasteiger partial charge in [0, 0.05) is 32.1 Å². The van der Waals surface area contributed by atoms with Crippen LogP contribution in [0, 0.1) is 12.7 Å². The summed E-state index contributed by atoms with van der Waals surface area (Å²) >= 11 is 0. The van der Waals surface area contributed by atoms with E-state index in [1.54, 1.807) is 20.0 Å². The monoisotopic (exact) mass is 506 g/mol. The molecule has 1 N–H and O–H groups in total. The number of hydrogen-bond acceptors (Lipinski definition) is 2. The summed E-state index contributed by atoms with van der Waals surface area (Å²) in [6.07, 6.45) is -9.41. The van der Waals surface area contributed by atoms with Crippen LogP contribution in [-0.4, -0.2) is 49.1 Å². The highest BCUT2D eigenvalue weighted by atomic mass is 19.4. The van der Waals surface area contributed by atoms with Crippen molar-refractivity contribution in [3.63, 3.8) is 0 Å². The van der Waals surface area contributed by atoms with Crippen LogP contribution in [0.15, 0.2) is 36.4 Å². The second-order valence-corrected chi connectivity index (χ2v) is 9.10. The molecule has 1 saturated heterocycles. The van der Waals surface area contributed by atoms with Crippen molar-refractivity contribution >= 4 is 6.03 Å². The Balaban J connectivity index is 1.96. The highest BCUT2D eigenvalue weighted by Crippen LogP contribution is 2.38. The van der Waals surface area contributed by atoms with E-state index >= 15 is 0 Å². The van der Waals surface area contributed by atoms with Crippen LogP contribution in [0.2, 0.25) is 0 Å². The third-order valence-corrected chi connectivity index (χ3v) is 6.46. The molecule has 35 heavy (non-hydrogen) atoms. The topological polar surface area (TPSA) is 32.3 Å². The Morgan fingerprint density at radius 2 is 1.63 bits per heavy atom. The number of aryl methyl sites for hydroxylation is 1. The van der Waals surface area contributed by atoms with Crippen LogP contribution >= 0.6 is 0 Å². The van der Waals surface area contributed by atoms with Gasteiger partial charge in [-0.05, 0) is 54.4 Å². The molecule has 1 heterocycles. The van der Waals surface area contributed by atoms with Crippen LogP contribution in [0.25, 0.3) is 0 Å². The summed E-state index contributed by atoms with van der Waals surface area (Å²) in [5.41, 5.74) is -1.72. The van der Waals surface area contributed by atoms with E-state index in [4.69, 9.17) is 0 Å². The molecule has 11 heteroatoms. The van der Waals surface area contributed by atoms with Gasteiger partial charge in [-0.15, -0.1) is 0 Å². The van der Waals surface area contributed by atoms with Gasteiger partial charge in [-0.25, -0.2) is 13.7 Å². The first-order valence-electron chi connectivity index (χ1n) is 11.0. The average Bonchev–Trinajstić information content (AvgIpc) is 2.94. The predicted octanol–water partition coefficient (Wildman–Crippen LogP) is 5.90. The number of nitrogens with zero attached hydrogens (tertiary/aromatic N) is 2. The number of hydrogen-bond donors (Lipinski definition) is 1. The molecule has 192 valence electrons. The van der Waals surface area contributed by atoms with Crippen molar-refractivity contribution < 1.29 is 40.0 Å². The SMILES string of the molecule is Cc1cc(F)ccc1[C@H]1CCNCC[N+]1(C)C(=O)N(C)Cc1cc(C(F)(F)F)cc(C(F)(F)F)c1. The first kappa shape index (κ1) is 26.9. The maximum Gasteiger partial charge on any atom is 0.419 e. The van der Waals surface area contributed by atoms with Gasteiger partial charge >= 0.3 is 18.4 Å². The second-order valence-electron chi connectivity index (χ2n) is 9.10. The molecular formula is C24H27F7N3O+. The van der Waals surface area contributed by atoms with Crippen LogP contribution in [0.3, 0.4) is 0 Å². The lowest BCUT2D eigenvalue weighted by Crippen LogP contribution is -2.57. The van der Waals surface area contributed by atoms with Gasteiger partial charge in [-0.2, -0.15) is 26.3 Å². The average molecular weight is 506 g/mol. The highest BCUT2D eigenvalue weighted by molar-refractivity contribution is 5.67. The maximum absolute atomic E-state index is 13.7. The molecule has 3 rings (SSSR count). The first-order valence-corrected chi connectivity index (χ1v) is 11.0. The van der Waals surface area contributed by atoms with Gasteiger partial charge in [-0.3, -0.25) is 4.90 Å². The van der Waals surface area contributed by atoms with Crippen molar-refractivity contribution in [3.8, 4) is 0 Å². The summed E-state index contributed by atoms with van der Waals surface area (Å²) in [7, 11) is 3.04. The molecule has 0 radical (unpaired) electrons. The number of carbonyl (C=O) groups excluding carboxylic acids is 1. The summed E-state index contributed by atoms with van der Waals surface area (Å²) in [4.78, 5) is 14.8. The fourth-order valence-corrected chi connectivity index (χ4v) is 4.66. The number of alkyl halides is 6. The fourth-order valence-electron chi connectivity index (χ4n) is 4.66. The molecule has 1 fully saturated rings. The molecule has 1 aliphatic rings. The lowest BCUT2D eigenvalue weighted by Gasteiger charge is -2.40. The van der Waals surface area contributed by atoms with Gasteiger partial charge in [0.1, 0.15) is 18.4 Å². The number of benzene rings is 2. The van der Waals surface area contributed by atoms with Crippen molar-refractivity contribution in [2.75, 3.05) is 33.7 Å². The predicted molar refractivity (Wildman–Crippen MR) is 116 cm³/mol. The molecule has 0 saturated carbocycles. The summed E-state index contributed by atoms with van der Waals surface area (Å²) in [5.74, 6) is -0.416. The largest absolute Gasteiger partial charge is 0.419 e.